The molecule has 28 heavy (non-hydrogen) atoms. The Morgan fingerprint density at radius 1 is 0.929 bits per heavy atom. The van der Waals surface area contributed by atoms with E-state index in [0.29, 0.717) is 23.7 Å². The molecule has 2 N–H and O–H groups in total. The molecule has 0 aliphatic heterocycles. The van der Waals surface area contributed by atoms with Gasteiger partial charge in [0.1, 0.15) is 5.69 Å². The second kappa shape index (κ2) is 9.41. The summed E-state index contributed by atoms with van der Waals surface area (Å²) in [5.74, 6) is 1.18. The Hall–Kier alpha value is -3.54. The zero-order chi connectivity index (χ0) is 19.8. The second-order valence-electron chi connectivity index (χ2n) is 6.12. The van der Waals surface area contributed by atoms with E-state index in [1.807, 2.05) is 54.6 Å². The van der Waals surface area contributed by atoms with Crippen molar-refractivity contribution < 1.29 is 14.3 Å². The van der Waals surface area contributed by atoms with E-state index in [1.54, 1.807) is 26.5 Å². The summed E-state index contributed by atoms with van der Waals surface area (Å²) in [5.41, 5.74) is 3.07. The van der Waals surface area contributed by atoms with E-state index in [0.717, 1.165) is 23.4 Å². The minimum absolute atomic E-state index is 0.241. The average Bonchev–Trinajstić information content (AvgIpc) is 2.74. The third-order valence-electron chi connectivity index (χ3n) is 4.21. The molecule has 1 heterocycles. The Balaban J connectivity index is 1.58. The number of benzene rings is 2. The molecule has 1 aromatic heterocycles. The standard InChI is InChI=1S/C22H23N3O3/c1-27-20-9-8-16(14-21(20)28-2)10-12-23-18-11-13-24-19(15-18)22(26)25-17-6-4-3-5-7-17/h3-9,11,13-15H,10,12H2,1-2H3,(H,23,24)(H,25,26). The van der Waals surface area contributed by atoms with E-state index in [-0.39, 0.29) is 5.91 Å². The van der Waals surface area contributed by atoms with Gasteiger partial charge in [-0.2, -0.15) is 0 Å². The Morgan fingerprint density at radius 2 is 1.71 bits per heavy atom. The lowest BCUT2D eigenvalue weighted by atomic mass is 10.1. The van der Waals surface area contributed by atoms with Gasteiger partial charge in [0.05, 0.1) is 14.2 Å². The first-order valence-electron chi connectivity index (χ1n) is 8.97. The van der Waals surface area contributed by atoms with Crippen LogP contribution in [0.5, 0.6) is 11.5 Å². The summed E-state index contributed by atoms with van der Waals surface area (Å²) in [6.07, 6.45) is 2.42. The number of carbonyl (C=O) groups is 1. The maximum Gasteiger partial charge on any atom is 0.274 e. The maximum atomic E-state index is 12.4. The van der Waals surface area contributed by atoms with E-state index in [2.05, 4.69) is 15.6 Å². The normalized spacial score (nSPS) is 10.2. The fourth-order valence-electron chi connectivity index (χ4n) is 2.77. The van der Waals surface area contributed by atoms with Crippen LogP contribution in [-0.4, -0.2) is 31.7 Å². The third kappa shape index (κ3) is 5.01. The van der Waals surface area contributed by atoms with Crippen molar-refractivity contribution in [2.45, 2.75) is 6.42 Å². The number of carbonyl (C=O) groups excluding carboxylic acids is 1. The van der Waals surface area contributed by atoms with Gasteiger partial charge in [0.2, 0.25) is 0 Å². The lowest BCUT2D eigenvalue weighted by Gasteiger charge is -2.11. The van der Waals surface area contributed by atoms with Crippen molar-refractivity contribution in [1.82, 2.24) is 4.98 Å². The van der Waals surface area contributed by atoms with E-state index in [4.69, 9.17) is 9.47 Å². The Labute approximate surface area is 164 Å². The van der Waals surface area contributed by atoms with Gasteiger partial charge in [-0.3, -0.25) is 9.78 Å². The number of anilines is 2. The number of methoxy groups -OCH3 is 2. The second-order valence-corrected chi connectivity index (χ2v) is 6.12. The minimum Gasteiger partial charge on any atom is -0.493 e. The van der Waals surface area contributed by atoms with Crippen LogP contribution < -0.4 is 20.1 Å². The first kappa shape index (κ1) is 19.2. The summed E-state index contributed by atoms with van der Waals surface area (Å²) in [6.45, 7) is 0.708. The van der Waals surface area contributed by atoms with Crippen LogP contribution in [0.2, 0.25) is 0 Å². The summed E-state index contributed by atoms with van der Waals surface area (Å²) in [6, 6.07) is 18.8. The van der Waals surface area contributed by atoms with Gasteiger partial charge in [-0.25, -0.2) is 0 Å². The zero-order valence-corrected chi connectivity index (χ0v) is 15.9. The van der Waals surface area contributed by atoms with Crippen LogP contribution in [0.3, 0.4) is 0 Å². The molecule has 0 radical (unpaired) electrons. The van der Waals surface area contributed by atoms with Crippen molar-refractivity contribution in [3.8, 4) is 11.5 Å². The number of nitrogens with zero attached hydrogens (tertiary/aromatic N) is 1. The summed E-state index contributed by atoms with van der Waals surface area (Å²) >= 11 is 0. The van der Waals surface area contributed by atoms with Crippen LogP contribution in [0.1, 0.15) is 16.1 Å². The number of nitrogens with one attached hydrogen (secondary N) is 2. The summed E-state index contributed by atoms with van der Waals surface area (Å²) in [7, 11) is 3.24. The Morgan fingerprint density at radius 3 is 2.46 bits per heavy atom. The number of amides is 1. The van der Waals surface area contributed by atoms with Crippen LogP contribution in [0.25, 0.3) is 0 Å². The molecular formula is C22H23N3O3. The molecule has 0 spiro atoms. The van der Waals surface area contributed by atoms with Crippen LogP contribution in [-0.2, 0) is 6.42 Å². The summed E-state index contributed by atoms with van der Waals surface area (Å²) in [4.78, 5) is 16.5. The molecule has 0 saturated carbocycles. The van der Waals surface area contributed by atoms with Crippen molar-refractivity contribution in [2.75, 3.05) is 31.4 Å². The zero-order valence-electron chi connectivity index (χ0n) is 15.9. The van der Waals surface area contributed by atoms with Gasteiger partial charge in [0.15, 0.2) is 11.5 Å². The number of hydrogen-bond donors (Lipinski definition) is 2. The van der Waals surface area contributed by atoms with Crippen molar-refractivity contribution in [3.05, 3.63) is 78.1 Å². The number of aromatic nitrogens is 1. The van der Waals surface area contributed by atoms with E-state index >= 15 is 0 Å². The van der Waals surface area contributed by atoms with Crippen molar-refractivity contribution >= 4 is 17.3 Å². The van der Waals surface area contributed by atoms with Crippen LogP contribution >= 0.6 is 0 Å². The molecule has 1 amide bonds. The predicted molar refractivity (Wildman–Crippen MR) is 110 cm³/mol. The number of ether oxygens (including phenoxy) is 2. The molecule has 6 nitrogen and oxygen atoms in total. The molecule has 3 rings (SSSR count). The topological polar surface area (TPSA) is 72.5 Å². The molecule has 2 aromatic carbocycles. The molecule has 0 saturated heterocycles. The molecular weight excluding hydrogens is 354 g/mol. The molecule has 6 heteroatoms. The smallest absolute Gasteiger partial charge is 0.274 e. The van der Waals surface area contributed by atoms with Gasteiger partial charge < -0.3 is 20.1 Å². The highest BCUT2D eigenvalue weighted by molar-refractivity contribution is 6.03. The summed E-state index contributed by atoms with van der Waals surface area (Å²) < 4.78 is 10.6. The molecule has 0 aliphatic carbocycles. The lowest BCUT2D eigenvalue weighted by molar-refractivity contribution is 0.102. The lowest BCUT2D eigenvalue weighted by Crippen LogP contribution is -2.14. The van der Waals surface area contributed by atoms with Gasteiger partial charge in [-0.15, -0.1) is 0 Å². The van der Waals surface area contributed by atoms with Crippen LogP contribution in [0, 0.1) is 0 Å². The van der Waals surface area contributed by atoms with E-state index < -0.39 is 0 Å². The Kier molecular flexibility index (Phi) is 6.46. The first-order chi connectivity index (χ1) is 13.7. The predicted octanol–water partition coefficient (Wildman–Crippen LogP) is 4.01. The summed E-state index contributed by atoms with van der Waals surface area (Å²) in [5, 5.41) is 6.16. The first-order valence-corrected chi connectivity index (χ1v) is 8.97. The van der Waals surface area contributed by atoms with Gasteiger partial charge >= 0.3 is 0 Å². The van der Waals surface area contributed by atoms with Gasteiger partial charge in [0, 0.05) is 24.1 Å². The van der Waals surface area contributed by atoms with E-state index in [1.165, 1.54) is 0 Å². The number of pyridine rings is 1. The quantitative estimate of drug-likeness (QED) is 0.621. The van der Waals surface area contributed by atoms with Crippen LogP contribution in [0.15, 0.2) is 66.9 Å². The monoisotopic (exact) mass is 377 g/mol. The van der Waals surface area contributed by atoms with Crippen molar-refractivity contribution in [2.24, 2.45) is 0 Å². The average molecular weight is 377 g/mol. The minimum atomic E-state index is -0.241. The van der Waals surface area contributed by atoms with Crippen molar-refractivity contribution in [1.29, 1.82) is 0 Å². The van der Waals surface area contributed by atoms with Gasteiger partial charge in [-0.05, 0) is 48.4 Å². The third-order valence-corrected chi connectivity index (χ3v) is 4.21. The fraction of sp³-hybridized carbons (Fsp3) is 0.182. The van der Waals surface area contributed by atoms with Crippen LogP contribution in [0.4, 0.5) is 11.4 Å². The van der Waals surface area contributed by atoms with Crippen molar-refractivity contribution in [3.63, 3.8) is 0 Å². The number of hydrogen-bond acceptors (Lipinski definition) is 5. The number of para-hydroxylation sites is 1. The highest BCUT2D eigenvalue weighted by Gasteiger charge is 2.09. The van der Waals surface area contributed by atoms with Gasteiger partial charge in [-0.1, -0.05) is 24.3 Å². The fourth-order valence-corrected chi connectivity index (χ4v) is 2.77. The largest absolute Gasteiger partial charge is 0.493 e. The molecule has 144 valence electrons. The molecule has 0 unspecified atom stereocenters. The molecule has 0 atom stereocenters. The maximum absolute atomic E-state index is 12.4. The molecule has 0 aliphatic rings. The van der Waals surface area contributed by atoms with E-state index in [9.17, 15) is 4.79 Å². The molecule has 0 bridgehead atoms. The molecule has 3 aromatic rings. The van der Waals surface area contributed by atoms with Gasteiger partial charge in [0.25, 0.3) is 5.91 Å². The highest BCUT2D eigenvalue weighted by Crippen LogP contribution is 2.27. The highest BCUT2D eigenvalue weighted by atomic mass is 16.5. The Bertz CT molecular complexity index is 929. The molecule has 0 fully saturated rings. The SMILES string of the molecule is COc1ccc(CCNc2ccnc(C(=O)Nc3ccccc3)c2)cc1OC. The number of rotatable bonds is 8.